The molecule has 0 radical (unpaired) electrons. The number of methoxy groups -OCH3 is 1. The van der Waals surface area contributed by atoms with Crippen LogP contribution in [-0.2, 0) is 25.5 Å². The third-order valence-electron chi connectivity index (χ3n) is 17.3. The van der Waals surface area contributed by atoms with Gasteiger partial charge in [0.2, 0.25) is 11.8 Å². The third-order valence-corrected chi connectivity index (χ3v) is 17.6. The summed E-state index contributed by atoms with van der Waals surface area (Å²) in [6.45, 7) is 22.7. The number of aliphatic imine (C=N–C) groups is 3. The molecule has 0 fully saturated rings. The van der Waals surface area contributed by atoms with Gasteiger partial charge in [0, 0.05) is 68.4 Å². The Labute approximate surface area is 613 Å². The van der Waals surface area contributed by atoms with Crippen molar-refractivity contribution in [2.75, 3.05) is 33.4 Å². The number of aromatic hydroxyl groups is 3. The number of hydrogen-bond donors (Lipinski definition) is 6. The smallest absolute Gasteiger partial charge is 0.327 e. The van der Waals surface area contributed by atoms with Gasteiger partial charge < -0.3 is 25.2 Å². The minimum absolute atomic E-state index is 0.0156. The molecule has 4 heterocycles. The van der Waals surface area contributed by atoms with Crippen LogP contribution in [0, 0.1) is 48.5 Å². The molecule has 542 valence electrons. The van der Waals surface area contributed by atoms with Gasteiger partial charge in [-0.05, 0) is 207 Å². The molecule has 0 saturated heterocycles. The number of phenols is 1. The van der Waals surface area contributed by atoms with Crippen molar-refractivity contribution in [3.63, 3.8) is 0 Å². The third kappa shape index (κ3) is 18.5. The summed E-state index contributed by atoms with van der Waals surface area (Å²) in [5.74, 6) is -0.265. The lowest BCUT2D eigenvalue weighted by Crippen LogP contribution is -2.20. The number of Topliss-reactive ketones (excluding diaryl/α,β-unsaturated/α-hetero) is 2. The largest absolute Gasteiger partial charge is 0.505 e. The van der Waals surface area contributed by atoms with Crippen LogP contribution < -0.4 is 11.1 Å². The predicted molar refractivity (Wildman–Crippen MR) is 420 cm³/mol. The fraction of sp³-hybridized carbons (Fsp3) is 0.253. The number of nitrogens with zero attached hydrogens (tertiary/aromatic N) is 9. The van der Waals surface area contributed by atoms with Crippen LogP contribution in [0.25, 0.3) is 55.3 Å². The molecule has 22 heteroatoms. The van der Waals surface area contributed by atoms with Crippen LogP contribution in [0.2, 0.25) is 5.02 Å². The van der Waals surface area contributed by atoms with Gasteiger partial charge in [0.15, 0.2) is 23.0 Å². The first-order valence-electron chi connectivity index (χ1n) is 34.4. The lowest BCUT2D eigenvalue weighted by Gasteiger charge is -2.10. The van der Waals surface area contributed by atoms with Gasteiger partial charge in [-0.25, -0.2) is 9.36 Å². The van der Waals surface area contributed by atoms with Gasteiger partial charge in [-0.15, -0.1) is 10.2 Å². The summed E-state index contributed by atoms with van der Waals surface area (Å²) in [4.78, 5) is 72.7. The van der Waals surface area contributed by atoms with E-state index in [0.29, 0.717) is 62.0 Å². The molecule has 0 bridgehead atoms. The Hall–Kier alpha value is -11.8. The fourth-order valence-electron chi connectivity index (χ4n) is 12.4. The number of ether oxygens (including phenoxy) is 1. The van der Waals surface area contributed by atoms with Crippen LogP contribution in [0.15, 0.2) is 199 Å². The zero-order valence-corrected chi connectivity index (χ0v) is 62.1. The van der Waals surface area contributed by atoms with Crippen LogP contribution in [0.4, 0.5) is 11.4 Å². The quantitative estimate of drug-likeness (QED) is 0.0238. The molecule has 6 N–H and O–H groups in total. The molecule has 0 saturated carbocycles. The number of aliphatic hydroxyl groups is 1. The number of rotatable bonds is 20. The van der Waals surface area contributed by atoms with Gasteiger partial charge in [0.05, 0.1) is 65.0 Å². The number of hydrogen-bond acceptors (Lipinski definition) is 15. The molecule has 0 aliphatic carbocycles. The average Bonchev–Trinajstić information content (AvgIpc) is 1.63. The highest BCUT2D eigenvalue weighted by Crippen LogP contribution is 2.39. The van der Waals surface area contributed by atoms with Crippen LogP contribution in [-0.4, -0.2) is 117 Å². The first kappa shape index (κ1) is 77.4. The normalized spacial score (nSPS) is 11.7. The SMILES string of the molecule is CC(=NCC(=O)CCCO)c1c(O)n(-c2ccccc2)c2ccc(Cl)cc12.CC(=O)CN=C(C)c1c(C)[nH]n(-c2cc(C)cc(C)c2)c1=O.CCCc1ccc(-n2[nH]c(C)c(N=Nc3ccc4ccccc4c3O)c2=O)cc1.COC(=O)CN=C(C)c1c(O)n(-c2cc(C)cc(C)c2)c2cc(C)ccc12. The van der Waals surface area contributed by atoms with E-state index in [9.17, 15) is 39.3 Å². The molecular weight excluding hydrogens is 1350 g/mol. The molecule has 0 aliphatic heterocycles. The zero-order valence-electron chi connectivity index (χ0n) is 61.4. The van der Waals surface area contributed by atoms with Gasteiger partial charge in [-0.2, -0.15) is 0 Å². The van der Waals surface area contributed by atoms with Crippen LogP contribution >= 0.6 is 11.6 Å². The summed E-state index contributed by atoms with van der Waals surface area (Å²) in [7, 11) is 1.33. The molecule has 12 rings (SSSR count). The number of ketones is 2. The number of azo groups is 1. The van der Waals surface area contributed by atoms with E-state index >= 15 is 0 Å². The number of phenolic OH excluding ortho intramolecular Hbond substituents is 1. The van der Waals surface area contributed by atoms with E-state index in [2.05, 4.69) is 59.2 Å². The number of aromatic nitrogens is 6. The van der Waals surface area contributed by atoms with Crippen molar-refractivity contribution in [1.82, 2.24) is 28.7 Å². The van der Waals surface area contributed by atoms with Crippen molar-refractivity contribution < 1.29 is 39.5 Å². The van der Waals surface area contributed by atoms with Crippen molar-refractivity contribution in [1.29, 1.82) is 0 Å². The van der Waals surface area contributed by atoms with E-state index in [4.69, 9.17) is 16.7 Å². The highest BCUT2D eigenvalue weighted by molar-refractivity contribution is 6.31. The first-order chi connectivity index (χ1) is 50.2. The lowest BCUT2D eigenvalue weighted by molar-refractivity contribution is -0.138. The lowest BCUT2D eigenvalue weighted by atomic mass is 10.1. The minimum atomic E-state index is -0.414. The predicted octanol–water partition coefficient (Wildman–Crippen LogP) is 16.6. The second-order valence-corrected chi connectivity index (χ2v) is 26.3. The number of carbonyl (C=O) groups is 3. The van der Waals surface area contributed by atoms with Crippen molar-refractivity contribution in [3.8, 4) is 40.3 Å². The van der Waals surface area contributed by atoms with Crippen molar-refractivity contribution >= 4 is 90.2 Å². The molecule has 21 nitrogen and oxygen atoms in total. The Morgan fingerprint density at radius 1 is 0.514 bits per heavy atom. The summed E-state index contributed by atoms with van der Waals surface area (Å²) < 4.78 is 11.2. The number of H-pyrrole nitrogens is 2. The molecule has 0 spiro atoms. The van der Waals surface area contributed by atoms with Gasteiger partial charge in [0.1, 0.15) is 12.2 Å². The Bertz CT molecular complexity index is 5410. The average molecular weight is 1440 g/mol. The Morgan fingerprint density at radius 2 is 1.09 bits per heavy atom. The highest BCUT2D eigenvalue weighted by Gasteiger charge is 2.24. The van der Waals surface area contributed by atoms with E-state index in [1.807, 2.05) is 180 Å². The van der Waals surface area contributed by atoms with E-state index < -0.39 is 5.97 Å². The van der Waals surface area contributed by atoms with Gasteiger partial charge in [-0.3, -0.25) is 58.3 Å². The molecule has 8 aromatic carbocycles. The van der Waals surface area contributed by atoms with E-state index in [1.54, 1.807) is 50.5 Å². The van der Waals surface area contributed by atoms with E-state index in [1.165, 1.54) is 29.0 Å². The van der Waals surface area contributed by atoms with Crippen LogP contribution in [0.3, 0.4) is 0 Å². The maximum absolute atomic E-state index is 12.8. The van der Waals surface area contributed by atoms with Gasteiger partial charge >= 0.3 is 5.97 Å². The number of esters is 1. The fourth-order valence-corrected chi connectivity index (χ4v) is 12.6. The van der Waals surface area contributed by atoms with Gasteiger partial charge in [-0.1, -0.05) is 110 Å². The first-order valence-corrected chi connectivity index (χ1v) is 34.8. The maximum atomic E-state index is 12.8. The second kappa shape index (κ2) is 34.9. The number of aliphatic hydroxyl groups excluding tert-OH is 1. The van der Waals surface area contributed by atoms with Gasteiger partial charge in [0.25, 0.3) is 11.1 Å². The number of carbonyl (C=O) groups excluding carboxylic acids is 3. The number of nitrogens with one attached hydrogen (secondary N) is 2. The number of fused-ring (bicyclic) bond motifs is 3. The van der Waals surface area contributed by atoms with Crippen LogP contribution in [0.5, 0.6) is 17.5 Å². The minimum Gasteiger partial charge on any atom is -0.505 e. The molecule has 0 amide bonds. The standard InChI is InChI=1S/C23H22N4O2.C22H24N2O3.C21H21ClN2O3.C17H21N3O2/c1-3-6-16-9-12-18(13-10-16)27-23(29)21(15(2)26-27)25-24-20-14-11-17-7-4-5-8-19(17)22(20)28;1-13-6-7-18-19(11-13)24(17-9-14(2)8-15(3)10-17)22(26)21(18)16(4)23-12-20(25)27-5;1-14(23-13-17(26)8-5-11-25)20-18-12-15(22)9-10-19(18)24(21(20)27)16-6-3-2-4-7-16;1-10-6-11(2)8-15(7-10)20-17(22)16(14(5)19-20)13(4)18-9-12(3)21/h4-5,7-14,26,28H,3,6H2,1-2H3;6-11,26H,12H2,1-5H3;2-4,6-7,9-10,12,25,27H,5,8,11,13H2,1H3;6-8,19H,9H2,1-5H3. The molecule has 4 aromatic heterocycles. The summed E-state index contributed by atoms with van der Waals surface area (Å²) >= 11 is 6.18. The molecule has 0 aliphatic rings. The number of aromatic amines is 2. The Morgan fingerprint density at radius 3 is 1.71 bits per heavy atom. The monoisotopic (exact) mass is 1430 g/mol. The second-order valence-electron chi connectivity index (χ2n) is 25.9. The molecule has 12 aromatic rings. The number of halogens is 1. The molecule has 105 heavy (non-hydrogen) atoms. The van der Waals surface area contributed by atoms with E-state index in [-0.39, 0.29) is 78.5 Å². The molecular formula is C83H88ClN11O10. The van der Waals surface area contributed by atoms with Crippen molar-refractivity contribution in [3.05, 3.63) is 251 Å². The van der Waals surface area contributed by atoms with Crippen molar-refractivity contribution in [2.24, 2.45) is 25.2 Å². The summed E-state index contributed by atoms with van der Waals surface area (Å²) in [5, 5.41) is 59.6. The number of benzene rings is 8. The van der Waals surface area contributed by atoms with E-state index in [0.717, 1.165) is 96.3 Å². The molecule has 0 unspecified atom stereocenters. The zero-order chi connectivity index (χ0) is 75.9. The topological polar surface area (TPSA) is 289 Å². The highest BCUT2D eigenvalue weighted by atomic mass is 35.5. The van der Waals surface area contributed by atoms with Crippen molar-refractivity contribution in [2.45, 2.75) is 109 Å². The maximum Gasteiger partial charge on any atom is 0.327 e. The Kier molecular flexibility index (Phi) is 25.7. The number of aryl methyl sites for hydroxylation is 8. The van der Waals surface area contributed by atoms with Crippen LogP contribution in [0.1, 0.15) is 115 Å². The summed E-state index contributed by atoms with van der Waals surface area (Å²) in [6, 6.07) is 52.0. The Balaban J connectivity index is 0.000000163. The number of para-hydroxylation sites is 1. The summed E-state index contributed by atoms with van der Waals surface area (Å²) in [5.41, 5.74) is 16.7. The summed E-state index contributed by atoms with van der Waals surface area (Å²) in [6.07, 6.45) is 2.80. The molecule has 0 atom stereocenters.